The molecule has 4 heteroatoms. The molecule has 1 aliphatic rings. The van der Waals surface area contributed by atoms with E-state index in [9.17, 15) is 15.0 Å². The molecule has 0 bridgehead atoms. The Morgan fingerprint density at radius 3 is 2.85 bits per heavy atom. The molecule has 0 aromatic heterocycles. The van der Waals surface area contributed by atoms with E-state index in [2.05, 4.69) is 0 Å². The lowest BCUT2D eigenvalue weighted by Crippen LogP contribution is -2.45. The lowest BCUT2D eigenvalue weighted by Gasteiger charge is -2.36. The van der Waals surface area contributed by atoms with Crippen molar-refractivity contribution >= 4 is 5.97 Å². The van der Waals surface area contributed by atoms with Gasteiger partial charge in [-0.2, -0.15) is 0 Å². The molecule has 0 saturated heterocycles. The van der Waals surface area contributed by atoms with Gasteiger partial charge in [-0.15, -0.1) is 0 Å². The van der Waals surface area contributed by atoms with Crippen molar-refractivity contribution in [2.45, 2.75) is 50.5 Å². The smallest absolute Gasteiger partial charge is 0.336 e. The van der Waals surface area contributed by atoms with Crippen molar-refractivity contribution in [3.05, 3.63) is 29.3 Å². The predicted molar refractivity (Wildman–Crippen MR) is 76.2 cm³/mol. The minimum Gasteiger partial charge on any atom is -0.497 e. The zero-order chi connectivity index (χ0) is 14.8. The monoisotopic (exact) mass is 278 g/mol. The molecule has 0 fully saturated rings. The molecule has 2 N–H and O–H groups in total. The highest BCUT2D eigenvalue weighted by atomic mass is 16.5. The Bertz CT molecular complexity index is 497. The van der Waals surface area contributed by atoms with E-state index in [0.717, 1.165) is 24.0 Å². The number of hydrogen-bond donors (Lipinski definition) is 2. The molecule has 4 nitrogen and oxygen atoms in total. The summed E-state index contributed by atoms with van der Waals surface area (Å²) < 4.78 is 5.23. The van der Waals surface area contributed by atoms with E-state index in [1.807, 2.05) is 25.1 Å². The predicted octanol–water partition coefficient (Wildman–Crippen LogP) is 2.73. The van der Waals surface area contributed by atoms with Crippen molar-refractivity contribution in [2.24, 2.45) is 0 Å². The van der Waals surface area contributed by atoms with Crippen LogP contribution in [0.4, 0.5) is 0 Å². The summed E-state index contributed by atoms with van der Waals surface area (Å²) >= 11 is 0. The molecule has 1 aliphatic carbocycles. The number of methoxy groups -OCH3 is 1. The maximum absolute atomic E-state index is 11.6. The minimum atomic E-state index is -1.68. The molecule has 1 aromatic carbocycles. The average Bonchev–Trinajstić information content (AvgIpc) is 2.46. The zero-order valence-corrected chi connectivity index (χ0v) is 12.1. The Kier molecular flexibility index (Phi) is 4.33. The second kappa shape index (κ2) is 5.83. The van der Waals surface area contributed by atoms with Crippen molar-refractivity contribution in [3.63, 3.8) is 0 Å². The van der Waals surface area contributed by atoms with Crippen LogP contribution in [0.25, 0.3) is 0 Å². The van der Waals surface area contributed by atoms with Crippen LogP contribution < -0.4 is 4.74 Å². The molecule has 110 valence electrons. The Morgan fingerprint density at radius 2 is 2.25 bits per heavy atom. The van der Waals surface area contributed by atoms with E-state index in [4.69, 9.17) is 4.74 Å². The summed E-state index contributed by atoms with van der Waals surface area (Å²) in [6.07, 6.45) is 3.44. The molecule has 0 saturated carbocycles. The van der Waals surface area contributed by atoms with Crippen LogP contribution >= 0.6 is 0 Å². The summed E-state index contributed by atoms with van der Waals surface area (Å²) in [6.45, 7) is 1.89. The number of aryl methyl sites for hydroxylation is 1. The maximum atomic E-state index is 11.6. The second-order valence-electron chi connectivity index (χ2n) is 5.49. The Balaban J connectivity index is 2.46. The van der Waals surface area contributed by atoms with Gasteiger partial charge in [0.05, 0.1) is 7.11 Å². The van der Waals surface area contributed by atoms with Gasteiger partial charge in [-0.05, 0) is 48.9 Å². The van der Waals surface area contributed by atoms with Crippen LogP contribution in [0.1, 0.15) is 49.7 Å². The third kappa shape index (κ3) is 2.52. The first-order valence-electron chi connectivity index (χ1n) is 7.15. The number of carboxylic acids is 1. The number of benzene rings is 1. The fourth-order valence-electron chi connectivity index (χ4n) is 3.21. The Labute approximate surface area is 119 Å². The highest BCUT2D eigenvalue weighted by Gasteiger charge is 2.45. The van der Waals surface area contributed by atoms with Gasteiger partial charge in [0.2, 0.25) is 0 Å². The van der Waals surface area contributed by atoms with Crippen LogP contribution in [0.3, 0.4) is 0 Å². The number of rotatable bonds is 5. The normalized spacial score (nSPS) is 20.9. The highest BCUT2D eigenvalue weighted by Crippen LogP contribution is 2.42. The van der Waals surface area contributed by atoms with Crippen molar-refractivity contribution < 1.29 is 19.7 Å². The van der Waals surface area contributed by atoms with Crippen molar-refractivity contribution in [3.8, 4) is 5.75 Å². The molecule has 2 atom stereocenters. The molecule has 0 radical (unpaired) electrons. The Hall–Kier alpha value is -1.55. The largest absolute Gasteiger partial charge is 0.497 e. The number of carbonyl (C=O) groups is 1. The van der Waals surface area contributed by atoms with Crippen molar-refractivity contribution in [1.29, 1.82) is 0 Å². The van der Waals surface area contributed by atoms with E-state index in [1.165, 1.54) is 0 Å². The average molecular weight is 278 g/mol. The van der Waals surface area contributed by atoms with Crippen LogP contribution in [-0.4, -0.2) is 28.9 Å². The quantitative estimate of drug-likeness (QED) is 0.869. The van der Waals surface area contributed by atoms with Gasteiger partial charge in [-0.3, -0.25) is 0 Å². The fourth-order valence-corrected chi connectivity index (χ4v) is 3.21. The second-order valence-corrected chi connectivity index (χ2v) is 5.49. The van der Waals surface area contributed by atoms with Crippen LogP contribution in [0.15, 0.2) is 18.2 Å². The van der Waals surface area contributed by atoms with Crippen LogP contribution in [0.2, 0.25) is 0 Å². The third-order valence-corrected chi connectivity index (χ3v) is 4.25. The van der Waals surface area contributed by atoms with Crippen LogP contribution in [0.5, 0.6) is 5.75 Å². The van der Waals surface area contributed by atoms with E-state index in [1.54, 1.807) is 7.11 Å². The van der Waals surface area contributed by atoms with Gasteiger partial charge in [-0.1, -0.05) is 19.4 Å². The first kappa shape index (κ1) is 14.9. The molecule has 0 amide bonds. The van der Waals surface area contributed by atoms with Gasteiger partial charge < -0.3 is 14.9 Å². The molecule has 20 heavy (non-hydrogen) atoms. The summed E-state index contributed by atoms with van der Waals surface area (Å²) in [5.74, 6) is -0.779. The molecule has 2 unspecified atom stereocenters. The number of ether oxygens (including phenoxy) is 1. The number of aliphatic carboxylic acids is 1. The summed E-state index contributed by atoms with van der Waals surface area (Å²) in [7, 11) is 1.59. The third-order valence-electron chi connectivity index (χ3n) is 4.25. The first-order chi connectivity index (χ1) is 9.52. The number of fused-ring (bicyclic) bond motifs is 1. The minimum absolute atomic E-state index is 0.268. The van der Waals surface area contributed by atoms with Gasteiger partial charge >= 0.3 is 5.97 Å². The first-order valence-corrected chi connectivity index (χ1v) is 7.15. The van der Waals surface area contributed by atoms with Crippen molar-refractivity contribution in [1.82, 2.24) is 0 Å². The van der Waals surface area contributed by atoms with Gasteiger partial charge in [-0.25, -0.2) is 4.79 Å². The summed E-state index contributed by atoms with van der Waals surface area (Å²) in [5, 5.41) is 20.2. The maximum Gasteiger partial charge on any atom is 0.336 e. The molecule has 0 spiro atoms. The van der Waals surface area contributed by atoms with Gasteiger partial charge in [0.15, 0.2) is 5.60 Å². The lowest BCUT2D eigenvalue weighted by atomic mass is 9.71. The number of carboxylic acid groups (broad SMARTS) is 1. The molecule has 0 heterocycles. The van der Waals surface area contributed by atoms with Gasteiger partial charge in [0.1, 0.15) is 5.75 Å². The van der Waals surface area contributed by atoms with Crippen LogP contribution in [-0.2, 0) is 11.2 Å². The molecule has 2 rings (SSSR count). The molecular weight excluding hydrogens is 256 g/mol. The number of aliphatic hydroxyl groups is 1. The standard InChI is InChI=1S/C16H22O4/c1-3-9-16(19,15(17)18)14-6-4-5-11-7-8-12(20-2)10-13(11)14/h7-8,10,14,19H,3-6,9H2,1-2H3,(H,17,18). The summed E-state index contributed by atoms with van der Waals surface area (Å²) in [6, 6.07) is 5.75. The van der Waals surface area contributed by atoms with Crippen molar-refractivity contribution in [2.75, 3.05) is 7.11 Å². The zero-order valence-electron chi connectivity index (χ0n) is 12.1. The van der Waals surface area contributed by atoms with E-state index < -0.39 is 11.6 Å². The molecular formula is C16H22O4. The highest BCUT2D eigenvalue weighted by molar-refractivity contribution is 5.79. The molecule has 1 aromatic rings. The summed E-state index contributed by atoms with van der Waals surface area (Å²) in [5.41, 5.74) is 0.364. The molecule has 0 aliphatic heterocycles. The SMILES string of the molecule is CCCC(O)(C(=O)O)C1CCCc2ccc(OC)cc21. The van der Waals surface area contributed by atoms with Gasteiger partial charge in [0.25, 0.3) is 0 Å². The summed E-state index contributed by atoms with van der Waals surface area (Å²) in [4.78, 5) is 11.6. The topological polar surface area (TPSA) is 66.8 Å². The van der Waals surface area contributed by atoms with E-state index in [0.29, 0.717) is 18.6 Å². The Morgan fingerprint density at radius 1 is 1.50 bits per heavy atom. The van der Waals surface area contributed by atoms with Crippen LogP contribution in [0, 0.1) is 0 Å². The number of hydrogen-bond acceptors (Lipinski definition) is 3. The van der Waals surface area contributed by atoms with E-state index >= 15 is 0 Å². The van der Waals surface area contributed by atoms with E-state index in [-0.39, 0.29) is 12.3 Å². The lowest BCUT2D eigenvalue weighted by molar-refractivity contribution is -0.162. The van der Waals surface area contributed by atoms with Gasteiger partial charge in [0, 0.05) is 5.92 Å². The fraction of sp³-hybridized carbons (Fsp3) is 0.562.